The third-order valence-electron chi connectivity index (χ3n) is 3.89. The summed E-state index contributed by atoms with van der Waals surface area (Å²) in [5.41, 5.74) is 0.601. The van der Waals surface area contributed by atoms with Gasteiger partial charge in [0, 0.05) is 5.02 Å². The maximum Gasteiger partial charge on any atom is 0.335 e. The first kappa shape index (κ1) is 18.5. The Hall–Kier alpha value is -3.32. The second-order valence-electron chi connectivity index (χ2n) is 5.55. The van der Waals surface area contributed by atoms with Gasteiger partial charge < -0.3 is 9.47 Å². The minimum Gasteiger partial charge on any atom is -0.493 e. The van der Waals surface area contributed by atoms with Crippen molar-refractivity contribution in [2.75, 3.05) is 19.1 Å². The number of amides is 4. The fraction of sp³-hybridized carbons (Fsp3) is 0.105. The molecule has 0 aliphatic carbocycles. The topological polar surface area (TPSA) is 84.9 Å². The van der Waals surface area contributed by atoms with Crippen LogP contribution in [-0.4, -0.2) is 32.1 Å². The lowest BCUT2D eigenvalue weighted by Gasteiger charge is -2.26. The molecular formula is C19H15ClN2O5. The lowest BCUT2D eigenvalue weighted by Crippen LogP contribution is -2.54. The highest BCUT2D eigenvalue weighted by atomic mass is 35.5. The lowest BCUT2D eigenvalue weighted by atomic mass is 10.1. The average Bonchev–Trinajstić information content (AvgIpc) is 2.64. The number of methoxy groups -OCH3 is 2. The number of carbonyl (C=O) groups is 3. The van der Waals surface area contributed by atoms with Crippen molar-refractivity contribution in [2.45, 2.75) is 0 Å². The van der Waals surface area contributed by atoms with Crippen molar-refractivity contribution in [1.82, 2.24) is 5.32 Å². The number of carbonyl (C=O) groups excluding carboxylic acids is 3. The van der Waals surface area contributed by atoms with Gasteiger partial charge in [-0.2, -0.15) is 0 Å². The van der Waals surface area contributed by atoms with Gasteiger partial charge in [-0.25, -0.2) is 9.69 Å². The van der Waals surface area contributed by atoms with Gasteiger partial charge in [0.2, 0.25) is 0 Å². The van der Waals surface area contributed by atoms with Crippen LogP contribution in [0.25, 0.3) is 6.08 Å². The van der Waals surface area contributed by atoms with Gasteiger partial charge in [0.05, 0.1) is 19.9 Å². The van der Waals surface area contributed by atoms with Gasteiger partial charge in [0.15, 0.2) is 11.5 Å². The molecule has 0 unspecified atom stereocenters. The summed E-state index contributed by atoms with van der Waals surface area (Å²) < 4.78 is 10.4. The predicted octanol–water partition coefficient (Wildman–Crippen LogP) is 3.02. The van der Waals surface area contributed by atoms with Crippen molar-refractivity contribution >= 4 is 41.2 Å². The number of benzene rings is 2. The molecule has 0 aromatic heterocycles. The number of halogens is 1. The monoisotopic (exact) mass is 386 g/mol. The molecule has 1 heterocycles. The van der Waals surface area contributed by atoms with E-state index in [2.05, 4.69) is 5.32 Å². The summed E-state index contributed by atoms with van der Waals surface area (Å²) in [5.74, 6) is -0.577. The van der Waals surface area contributed by atoms with Gasteiger partial charge >= 0.3 is 6.03 Å². The van der Waals surface area contributed by atoms with E-state index in [9.17, 15) is 14.4 Å². The molecule has 1 aliphatic rings. The maximum atomic E-state index is 12.8. The Kier molecular flexibility index (Phi) is 5.14. The fourth-order valence-electron chi connectivity index (χ4n) is 2.62. The second-order valence-corrected chi connectivity index (χ2v) is 5.99. The minimum absolute atomic E-state index is 0.193. The number of hydrogen-bond acceptors (Lipinski definition) is 5. The van der Waals surface area contributed by atoms with Crippen LogP contribution in [0.4, 0.5) is 10.5 Å². The fourth-order valence-corrected chi connectivity index (χ4v) is 2.80. The SMILES string of the molecule is COc1ccc(/C=C2\C(=O)NC(=O)N(c3cccc(Cl)c3)C2=O)cc1OC. The molecular weight excluding hydrogens is 372 g/mol. The molecule has 8 heteroatoms. The van der Waals surface area contributed by atoms with Gasteiger partial charge in [-0.15, -0.1) is 0 Å². The number of anilines is 1. The van der Waals surface area contributed by atoms with E-state index in [1.807, 2.05) is 0 Å². The molecule has 1 fully saturated rings. The zero-order chi connectivity index (χ0) is 19.6. The molecule has 2 aromatic carbocycles. The first-order chi connectivity index (χ1) is 12.9. The third-order valence-corrected chi connectivity index (χ3v) is 4.12. The van der Waals surface area contributed by atoms with E-state index in [1.54, 1.807) is 36.4 Å². The Morgan fingerprint density at radius 2 is 1.74 bits per heavy atom. The highest BCUT2D eigenvalue weighted by Gasteiger charge is 2.36. The molecule has 4 amide bonds. The molecule has 1 N–H and O–H groups in total. The zero-order valence-corrected chi connectivity index (χ0v) is 15.2. The number of urea groups is 1. The third kappa shape index (κ3) is 3.63. The smallest absolute Gasteiger partial charge is 0.335 e. The molecule has 0 saturated carbocycles. The molecule has 0 radical (unpaired) electrons. The van der Waals surface area contributed by atoms with E-state index in [0.717, 1.165) is 4.90 Å². The van der Waals surface area contributed by atoms with E-state index in [0.29, 0.717) is 22.1 Å². The van der Waals surface area contributed by atoms with Crippen LogP contribution in [0, 0.1) is 0 Å². The molecule has 1 aliphatic heterocycles. The molecule has 3 rings (SSSR count). The van der Waals surface area contributed by atoms with Crippen molar-refractivity contribution in [1.29, 1.82) is 0 Å². The number of barbiturate groups is 1. The Morgan fingerprint density at radius 1 is 1.00 bits per heavy atom. The van der Waals surface area contributed by atoms with Crippen LogP contribution >= 0.6 is 11.6 Å². The molecule has 0 bridgehead atoms. The van der Waals surface area contributed by atoms with Crippen LogP contribution < -0.4 is 19.7 Å². The van der Waals surface area contributed by atoms with Gasteiger partial charge in [0.1, 0.15) is 5.57 Å². The quantitative estimate of drug-likeness (QED) is 0.645. The highest BCUT2D eigenvalue weighted by molar-refractivity contribution is 6.39. The van der Waals surface area contributed by atoms with Crippen molar-refractivity contribution in [2.24, 2.45) is 0 Å². The van der Waals surface area contributed by atoms with Crippen LogP contribution in [0.2, 0.25) is 5.02 Å². The average molecular weight is 387 g/mol. The molecule has 0 atom stereocenters. The van der Waals surface area contributed by atoms with E-state index in [-0.39, 0.29) is 11.3 Å². The Bertz CT molecular complexity index is 970. The number of nitrogens with zero attached hydrogens (tertiary/aromatic N) is 1. The van der Waals surface area contributed by atoms with E-state index >= 15 is 0 Å². The summed E-state index contributed by atoms with van der Waals surface area (Å²) >= 11 is 5.94. The number of ether oxygens (including phenoxy) is 2. The van der Waals surface area contributed by atoms with Crippen LogP contribution in [0.3, 0.4) is 0 Å². The van der Waals surface area contributed by atoms with Crippen LogP contribution in [-0.2, 0) is 9.59 Å². The standard InChI is InChI=1S/C19H15ClN2O5/c1-26-15-7-6-11(9-16(15)27-2)8-14-17(23)21-19(25)22(18(14)24)13-5-3-4-12(20)10-13/h3-10H,1-2H3,(H,21,23,25)/b14-8+. The number of nitrogens with one attached hydrogen (secondary N) is 1. The zero-order valence-electron chi connectivity index (χ0n) is 14.5. The van der Waals surface area contributed by atoms with E-state index < -0.39 is 17.8 Å². The molecule has 7 nitrogen and oxygen atoms in total. The molecule has 1 saturated heterocycles. The summed E-state index contributed by atoms with van der Waals surface area (Å²) in [4.78, 5) is 38.1. The second kappa shape index (κ2) is 7.51. The Balaban J connectivity index is 2.02. The van der Waals surface area contributed by atoms with Crippen molar-refractivity contribution in [3.05, 3.63) is 58.6 Å². The maximum absolute atomic E-state index is 12.8. The number of hydrogen-bond donors (Lipinski definition) is 1. The first-order valence-corrected chi connectivity index (χ1v) is 8.21. The van der Waals surface area contributed by atoms with Gasteiger partial charge in [0.25, 0.3) is 11.8 Å². The Labute approximate surface area is 160 Å². The van der Waals surface area contributed by atoms with Gasteiger partial charge in [-0.05, 0) is 42.0 Å². The van der Waals surface area contributed by atoms with Crippen molar-refractivity contribution in [3.8, 4) is 11.5 Å². The lowest BCUT2D eigenvalue weighted by molar-refractivity contribution is -0.122. The van der Waals surface area contributed by atoms with Crippen LogP contribution in [0.5, 0.6) is 11.5 Å². The molecule has 0 spiro atoms. The Morgan fingerprint density at radius 3 is 2.41 bits per heavy atom. The molecule has 138 valence electrons. The minimum atomic E-state index is -0.836. The molecule has 27 heavy (non-hydrogen) atoms. The summed E-state index contributed by atoms with van der Waals surface area (Å²) in [6.45, 7) is 0. The van der Waals surface area contributed by atoms with Crippen molar-refractivity contribution in [3.63, 3.8) is 0 Å². The van der Waals surface area contributed by atoms with E-state index in [1.165, 1.54) is 26.4 Å². The first-order valence-electron chi connectivity index (χ1n) is 7.83. The predicted molar refractivity (Wildman–Crippen MR) is 100.0 cm³/mol. The van der Waals surface area contributed by atoms with Crippen molar-refractivity contribution < 1.29 is 23.9 Å². The van der Waals surface area contributed by atoms with Crippen LogP contribution in [0.15, 0.2) is 48.0 Å². The summed E-state index contributed by atoms with van der Waals surface area (Å²) in [7, 11) is 2.98. The van der Waals surface area contributed by atoms with E-state index in [4.69, 9.17) is 21.1 Å². The normalized spacial score (nSPS) is 15.7. The van der Waals surface area contributed by atoms with Crippen LogP contribution in [0.1, 0.15) is 5.56 Å². The number of imide groups is 2. The summed E-state index contributed by atoms with van der Waals surface area (Å²) in [6, 6.07) is 10.3. The van der Waals surface area contributed by atoms with Gasteiger partial charge in [-0.3, -0.25) is 14.9 Å². The molecule has 2 aromatic rings. The number of rotatable bonds is 4. The highest BCUT2D eigenvalue weighted by Crippen LogP contribution is 2.29. The largest absolute Gasteiger partial charge is 0.493 e. The summed E-state index contributed by atoms with van der Waals surface area (Å²) in [6.07, 6.45) is 1.38. The summed E-state index contributed by atoms with van der Waals surface area (Å²) in [5, 5.41) is 2.52. The van der Waals surface area contributed by atoms with Gasteiger partial charge in [-0.1, -0.05) is 23.7 Å².